The Bertz CT molecular complexity index is 936. The van der Waals surface area contributed by atoms with Crippen LogP contribution in [-0.4, -0.2) is 4.98 Å². The molecule has 1 aromatic carbocycles. The lowest BCUT2D eigenvalue weighted by molar-refractivity contribution is -0.137. The van der Waals surface area contributed by atoms with Crippen LogP contribution in [0.25, 0.3) is 11.3 Å². The molecule has 3 rings (SSSR count). The van der Waals surface area contributed by atoms with Gasteiger partial charge in [0.25, 0.3) is 0 Å². The van der Waals surface area contributed by atoms with Crippen molar-refractivity contribution in [2.45, 2.75) is 59.1 Å². The van der Waals surface area contributed by atoms with Crippen LogP contribution in [0.15, 0.2) is 34.7 Å². The van der Waals surface area contributed by atoms with Gasteiger partial charge >= 0.3 is 6.18 Å². The smallest absolute Gasteiger partial charge is 0.416 e. The van der Waals surface area contributed by atoms with Gasteiger partial charge in [0.2, 0.25) is 0 Å². The lowest BCUT2D eigenvalue weighted by Crippen LogP contribution is -2.03. The molecule has 0 amide bonds. The summed E-state index contributed by atoms with van der Waals surface area (Å²) >= 11 is 1.77. The van der Waals surface area contributed by atoms with Gasteiger partial charge < -0.3 is 4.42 Å². The van der Waals surface area contributed by atoms with Crippen molar-refractivity contribution in [3.05, 3.63) is 62.8 Å². The number of aryl methyl sites for hydroxylation is 4. The van der Waals surface area contributed by atoms with Gasteiger partial charge in [-0.05, 0) is 49.4 Å². The molecule has 2 heterocycles. The minimum absolute atomic E-state index is 0.418. The zero-order valence-electron chi connectivity index (χ0n) is 16.5. The van der Waals surface area contributed by atoms with Crippen LogP contribution in [0, 0.1) is 6.92 Å². The fraction of sp³-hybridized carbons (Fsp3) is 0.409. The van der Waals surface area contributed by atoms with Crippen LogP contribution in [-0.2, 0) is 25.4 Å². The number of benzene rings is 1. The number of hydrogen-bond donors (Lipinski definition) is 0. The highest BCUT2D eigenvalue weighted by atomic mass is 32.1. The second-order valence-corrected chi connectivity index (χ2v) is 8.36. The number of nitrogens with zero attached hydrogens (tertiary/aromatic N) is 1. The van der Waals surface area contributed by atoms with E-state index in [1.807, 2.05) is 13.0 Å². The maximum atomic E-state index is 12.7. The van der Waals surface area contributed by atoms with Crippen molar-refractivity contribution in [1.29, 1.82) is 0 Å². The van der Waals surface area contributed by atoms with Gasteiger partial charge in [-0.25, -0.2) is 4.98 Å². The largest absolute Gasteiger partial charge is 0.461 e. The number of hydrogen-bond acceptors (Lipinski definition) is 3. The third kappa shape index (κ3) is 4.49. The molecule has 0 aliphatic carbocycles. The summed E-state index contributed by atoms with van der Waals surface area (Å²) in [6.45, 7) is 8.37. The average Bonchev–Trinajstić information content (AvgIpc) is 3.22. The maximum Gasteiger partial charge on any atom is 0.416 e. The Hall–Kier alpha value is -2.08. The first kappa shape index (κ1) is 20.6. The van der Waals surface area contributed by atoms with Crippen LogP contribution in [0.2, 0.25) is 0 Å². The van der Waals surface area contributed by atoms with Gasteiger partial charge in [-0.2, -0.15) is 13.2 Å². The fourth-order valence-corrected chi connectivity index (χ4v) is 4.36. The Labute approximate surface area is 167 Å². The Balaban J connectivity index is 1.74. The van der Waals surface area contributed by atoms with Crippen molar-refractivity contribution < 1.29 is 17.6 Å². The van der Waals surface area contributed by atoms with Crippen LogP contribution in [0.3, 0.4) is 0 Å². The molecule has 0 N–H and O–H groups in total. The quantitative estimate of drug-likeness (QED) is 0.432. The molecule has 0 unspecified atom stereocenters. The number of furan rings is 1. The summed E-state index contributed by atoms with van der Waals surface area (Å²) in [7, 11) is 0. The zero-order valence-corrected chi connectivity index (χ0v) is 17.3. The second kappa shape index (κ2) is 8.11. The molecule has 0 aliphatic rings. The molecule has 0 spiro atoms. The van der Waals surface area contributed by atoms with E-state index in [0.717, 1.165) is 47.7 Å². The first-order chi connectivity index (χ1) is 13.2. The van der Waals surface area contributed by atoms with Gasteiger partial charge in [-0.15, -0.1) is 11.3 Å². The highest BCUT2D eigenvalue weighted by Gasteiger charge is 2.30. The average molecular weight is 408 g/mol. The van der Waals surface area contributed by atoms with E-state index in [9.17, 15) is 13.2 Å². The molecule has 0 atom stereocenters. The van der Waals surface area contributed by atoms with Crippen molar-refractivity contribution in [2.24, 2.45) is 0 Å². The minimum atomic E-state index is -4.33. The minimum Gasteiger partial charge on any atom is -0.461 e. The predicted octanol–water partition coefficient (Wildman–Crippen LogP) is 7.20. The summed E-state index contributed by atoms with van der Waals surface area (Å²) in [6, 6.07) is 7.00. The Morgan fingerprint density at radius 1 is 1.11 bits per heavy atom. The lowest BCUT2D eigenvalue weighted by atomic mass is 10.1. The van der Waals surface area contributed by atoms with E-state index in [4.69, 9.17) is 9.40 Å². The van der Waals surface area contributed by atoms with Crippen molar-refractivity contribution in [2.75, 3.05) is 0 Å². The number of thiazole rings is 1. The summed E-state index contributed by atoms with van der Waals surface area (Å²) in [5.74, 6) is 1.81. The summed E-state index contributed by atoms with van der Waals surface area (Å²) < 4.78 is 44.0. The topological polar surface area (TPSA) is 26.0 Å². The van der Waals surface area contributed by atoms with Crippen molar-refractivity contribution in [3.63, 3.8) is 0 Å². The van der Waals surface area contributed by atoms with Gasteiger partial charge in [0.1, 0.15) is 11.5 Å². The number of rotatable bonds is 6. The molecule has 0 radical (unpaired) electrons. The van der Waals surface area contributed by atoms with E-state index in [-0.39, 0.29) is 0 Å². The first-order valence-corrected chi connectivity index (χ1v) is 10.3. The zero-order chi connectivity index (χ0) is 20.5. The summed E-state index contributed by atoms with van der Waals surface area (Å²) in [5, 5.41) is 1.12. The lowest BCUT2D eigenvalue weighted by Gasteiger charge is -2.06. The molecule has 3 aromatic rings. The highest BCUT2D eigenvalue weighted by molar-refractivity contribution is 7.11. The Kier molecular flexibility index (Phi) is 5.98. The standard InChI is InChI=1S/C22H24F3NOS/c1-5-19-21(13(2)3)26-20(28-19)11-8-16-12-18(27-14(16)4)15-6-9-17(10-7-15)22(23,24)25/h6-7,9-10,12-13H,5,8,11H2,1-4H3. The van der Waals surface area contributed by atoms with Gasteiger partial charge in [0.15, 0.2) is 0 Å². The third-order valence-electron chi connectivity index (χ3n) is 4.77. The van der Waals surface area contributed by atoms with E-state index in [2.05, 4.69) is 20.8 Å². The fourth-order valence-electron chi connectivity index (χ4n) is 3.20. The molecule has 6 heteroatoms. The van der Waals surface area contributed by atoms with Crippen LogP contribution >= 0.6 is 11.3 Å². The van der Waals surface area contributed by atoms with E-state index in [1.54, 1.807) is 11.3 Å². The van der Waals surface area contributed by atoms with Gasteiger partial charge in [0, 0.05) is 16.9 Å². The van der Waals surface area contributed by atoms with E-state index >= 15 is 0 Å². The molecule has 0 aliphatic heterocycles. The third-order valence-corrected chi connectivity index (χ3v) is 6.04. The molecule has 0 saturated carbocycles. The molecule has 0 fully saturated rings. The second-order valence-electron chi connectivity index (χ2n) is 7.19. The Morgan fingerprint density at radius 3 is 2.32 bits per heavy atom. The summed E-state index contributed by atoms with van der Waals surface area (Å²) in [5.41, 5.74) is 2.24. The molecule has 2 nitrogen and oxygen atoms in total. The summed E-state index contributed by atoms with van der Waals surface area (Å²) in [4.78, 5) is 6.15. The van der Waals surface area contributed by atoms with Crippen LogP contribution < -0.4 is 0 Å². The normalized spacial score (nSPS) is 12.1. The van der Waals surface area contributed by atoms with E-state index in [0.29, 0.717) is 17.2 Å². The van der Waals surface area contributed by atoms with Crippen molar-refractivity contribution in [1.82, 2.24) is 4.98 Å². The van der Waals surface area contributed by atoms with E-state index < -0.39 is 11.7 Å². The number of halogens is 3. The van der Waals surface area contributed by atoms with Crippen molar-refractivity contribution in [3.8, 4) is 11.3 Å². The van der Waals surface area contributed by atoms with E-state index in [1.165, 1.54) is 22.7 Å². The van der Waals surface area contributed by atoms with Crippen LogP contribution in [0.1, 0.15) is 59.2 Å². The highest BCUT2D eigenvalue weighted by Crippen LogP contribution is 2.33. The van der Waals surface area contributed by atoms with Gasteiger partial charge in [0.05, 0.1) is 16.3 Å². The summed E-state index contributed by atoms with van der Waals surface area (Å²) in [6.07, 6.45) is -1.71. The molecule has 0 saturated heterocycles. The Morgan fingerprint density at radius 2 is 1.79 bits per heavy atom. The van der Waals surface area contributed by atoms with Crippen molar-refractivity contribution >= 4 is 11.3 Å². The molecule has 28 heavy (non-hydrogen) atoms. The molecular formula is C22H24F3NOS. The number of aromatic nitrogens is 1. The van der Waals surface area contributed by atoms with Crippen LogP contribution in [0.4, 0.5) is 13.2 Å². The van der Waals surface area contributed by atoms with Gasteiger partial charge in [-0.3, -0.25) is 0 Å². The molecule has 150 valence electrons. The van der Waals surface area contributed by atoms with Crippen LogP contribution in [0.5, 0.6) is 0 Å². The monoisotopic (exact) mass is 407 g/mol. The SMILES string of the molecule is CCc1sc(CCc2cc(-c3ccc(C(F)(F)F)cc3)oc2C)nc1C(C)C. The predicted molar refractivity (Wildman–Crippen MR) is 107 cm³/mol. The molecule has 2 aromatic heterocycles. The maximum absolute atomic E-state index is 12.7. The molecular weight excluding hydrogens is 383 g/mol. The number of alkyl halides is 3. The first-order valence-electron chi connectivity index (χ1n) is 9.44. The molecule has 0 bridgehead atoms. The van der Waals surface area contributed by atoms with Gasteiger partial charge in [-0.1, -0.05) is 32.9 Å².